The molecule has 0 bridgehead atoms. The fourth-order valence-electron chi connectivity index (χ4n) is 2.65. The Labute approximate surface area is 106 Å². The number of aromatic nitrogens is 4. The molecule has 2 N–H and O–H groups in total. The molecule has 1 aromatic heterocycles. The molecule has 2 aromatic rings. The zero-order valence-electron chi connectivity index (χ0n) is 10.5. The van der Waals surface area contributed by atoms with Crippen molar-refractivity contribution >= 4 is 5.69 Å². The van der Waals surface area contributed by atoms with Crippen LogP contribution in [0.15, 0.2) is 18.2 Å². The summed E-state index contributed by atoms with van der Waals surface area (Å²) in [5, 5.41) is 12.2. The van der Waals surface area contributed by atoms with Gasteiger partial charge in [0.05, 0.1) is 6.04 Å². The Balaban J connectivity index is 2.06. The summed E-state index contributed by atoms with van der Waals surface area (Å²) in [4.78, 5) is 0. The molecule has 18 heavy (non-hydrogen) atoms. The molecule has 0 aliphatic heterocycles. The highest BCUT2D eigenvalue weighted by atomic mass is 15.5. The highest BCUT2D eigenvalue weighted by Crippen LogP contribution is 2.32. The van der Waals surface area contributed by atoms with E-state index in [1.807, 2.05) is 22.9 Å². The third-order valence-electron chi connectivity index (χ3n) is 3.67. The standard InChI is InChI=1S/C13H17N5/c1-9-6-7-10(14)8-12(9)13-15-16-17-18(13)11-4-2-3-5-11/h6-8,11H,2-5,14H2,1H3. The van der Waals surface area contributed by atoms with Crippen LogP contribution < -0.4 is 5.73 Å². The van der Waals surface area contributed by atoms with Crippen molar-refractivity contribution in [1.82, 2.24) is 20.2 Å². The fourth-order valence-corrected chi connectivity index (χ4v) is 2.65. The molecule has 1 aromatic carbocycles. The van der Waals surface area contributed by atoms with E-state index in [2.05, 4.69) is 22.4 Å². The van der Waals surface area contributed by atoms with Gasteiger partial charge < -0.3 is 5.73 Å². The molecule has 5 nitrogen and oxygen atoms in total. The number of hydrogen-bond donors (Lipinski definition) is 1. The lowest BCUT2D eigenvalue weighted by atomic mass is 10.1. The molecule has 3 rings (SSSR count). The van der Waals surface area contributed by atoms with Crippen molar-refractivity contribution in [3.63, 3.8) is 0 Å². The van der Waals surface area contributed by atoms with Crippen molar-refractivity contribution < 1.29 is 0 Å². The number of rotatable bonds is 2. The average Bonchev–Trinajstić information content (AvgIpc) is 3.00. The first-order valence-electron chi connectivity index (χ1n) is 6.40. The second kappa shape index (κ2) is 4.40. The largest absolute Gasteiger partial charge is 0.399 e. The number of tetrazole rings is 1. The lowest BCUT2D eigenvalue weighted by Gasteiger charge is -2.12. The number of nitrogen functional groups attached to an aromatic ring is 1. The van der Waals surface area contributed by atoms with Crippen molar-refractivity contribution in [2.75, 3.05) is 5.73 Å². The van der Waals surface area contributed by atoms with E-state index in [0.717, 1.165) is 22.6 Å². The normalized spacial score (nSPS) is 16.3. The first kappa shape index (κ1) is 11.2. The molecule has 1 aliphatic rings. The van der Waals surface area contributed by atoms with E-state index in [9.17, 15) is 0 Å². The molecule has 0 saturated heterocycles. The van der Waals surface area contributed by atoms with Crippen LogP contribution in [0.1, 0.15) is 37.3 Å². The third-order valence-corrected chi connectivity index (χ3v) is 3.67. The number of benzene rings is 1. The lowest BCUT2D eigenvalue weighted by molar-refractivity contribution is 0.458. The fraction of sp³-hybridized carbons (Fsp3) is 0.462. The van der Waals surface area contributed by atoms with Gasteiger partial charge in [0.2, 0.25) is 0 Å². The number of aryl methyl sites for hydroxylation is 1. The zero-order valence-corrected chi connectivity index (χ0v) is 10.5. The van der Waals surface area contributed by atoms with Crippen molar-refractivity contribution in [2.24, 2.45) is 0 Å². The minimum absolute atomic E-state index is 0.441. The first-order valence-corrected chi connectivity index (χ1v) is 6.40. The van der Waals surface area contributed by atoms with E-state index in [1.54, 1.807) is 0 Å². The van der Waals surface area contributed by atoms with Gasteiger partial charge in [-0.15, -0.1) is 5.10 Å². The van der Waals surface area contributed by atoms with Crippen LogP contribution >= 0.6 is 0 Å². The second-order valence-electron chi connectivity index (χ2n) is 4.96. The first-order chi connectivity index (χ1) is 8.75. The molecular weight excluding hydrogens is 226 g/mol. The number of nitrogens with two attached hydrogens (primary N) is 1. The van der Waals surface area contributed by atoms with Gasteiger partial charge in [-0.1, -0.05) is 18.9 Å². The minimum Gasteiger partial charge on any atom is -0.399 e. The smallest absolute Gasteiger partial charge is 0.182 e. The van der Waals surface area contributed by atoms with Gasteiger partial charge in [0.25, 0.3) is 0 Å². The van der Waals surface area contributed by atoms with Gasteiger partial charge in [-0.05, 0) is 47.9 Å². The van der Waals surface area contributed by atoms with Gasteiger partial charge in [0.15, 0.2) is 5.82 Å². The van der Waals surface area contributed by atoms with Crippen LogP contribution in [0, 0.1) is 6.92 Å². The van der Waals surface area contributed by atoms with E-state index >= 15 is 0 Å². The van der Waals surface area contributed by atoms with Crippen LogP contribution in [0.25, 0.3) is 11.4 Å². The van der Waals surface area contributed by atoms with Crippen LogP contribution in [0.5, 0.6) is 0 Å². The van der Waals surface area contributed by atoms with Crippen LogP contribution in [0.3, 0.4) is 0 Å². The Morgan fingerprint density at radius 1 is 1.28 bits per heavy atom. The summed E-state index contributed by atoms with van der Waals surface area (Å²) in [7, 11) is 0. The zero-order chi connectivity index (χ0) is 12.5. The maximum absolute atomic E-state index is 5.86. The molecule has 1 fully saturated rings. The summed E-state index contributed by atoms with van der Waals surface area (Å²) >= 11 is 0. The van der Waals surface area contributed by atoms with Gasteiger partial charge >= 0.3 is 0 Å². The molecule has 0 amide bonds. The highest BCUT2D eigenvalue weighted by molar-refractivity contribution is 5.65. The van der Waals surface area contributed by atoms with E-state index in [0.29, 0.717) is 6.04 Å². The van der Waals surface area contributed by atoms with E-state index in [1.165, 1.54) is 25.7 Å². The van der Waals surface area contributed by atoms with Crippen molar-refractivity contribution in [3.8, 4) is 11.4 Å². The lowest BCUT2D eigenvalue weighted by Crippen LogP contribution is -2.09. The molecule has 0 unspecified atom stereocenters. The van der Waals surface area contributed by atoms with E-state index in [-0.39, 0.29) is 0 Å². The van der Waals surface area contributed by atoms with Crippen LogP contribution in [0.4, 0.5) is 5.69 Å². The van der Waals surface area contributed by atoms with Crippen molar-refractivity contribution in [2.45, 2.75) is 38.6 Å². The molecular formula is C13H17N5. The van der Waals surface area contributed by atoms with Gasteiger partial charge in [0.1, 0.15) is 0 Å². The monoisotopic (exact) mass is 243 g/mol. The number of hydrogen-bond acceptors (Lipinski definition) is 4. The van der Waals surface area contributed by atoms with Crippen molar-refractivity contribution in [3.05, 3.63) is 23.8 Å². The Kier molecular flexibility index (Phi) is 2.74. The molecule has 1 aliphatic carbocycles. The maximum Gasteiger partial charge on any atom is 0.182 e. The number of anilines is 1. The Morgan fingerprint density at radius 3 is 2.83 bits per heavy atom. The van der Waals surface area contributed by atoms with E-state index in [4.69, 9.17) is 5.73 Å². The van der Waals surface area contributed by atoms with Gasteiger partial charge in [0, 0.05) is 11.3 Å². The predicted molar refractivity (Wildman–Crippen MR) is 69.9 cm³/mol. The molecule has 5 heteroatoms. The molecule has 0 spiro atoms. The molecule has 94 valence electrons. The Morgan fingerprint density at radius 2 is 2.06 bits per heavy atom. The predicted octanol–water partition coefficient (Wildman–Crippen LogP) is 2.35. The molecule has 1 heterocycles. The summed E-state index contributed by atoms with van der Waals surface area (Å²) < 4.78 is 1.97. The van der Waals surface area contributed by atoms with Gasteiger partial charge in [-0.3, -0.25) is 0 Å². The summed E-state index contributed by atoms with van der Waals surface area (Å²) in [5.41, 5.74) is 8.79. The van der Waals surface area contributed by atoms with Crippen molar-refractivity contribution in [1.29, 1.82) is 0 Å². The quantitative estimate of drug-likeness (QED) is 0.822. The van der Waals surface area contributed by atoms with Crippen LogP contribution in [-0.4, -0.2) is 20.2 Å². The van der Waals surface area contributed by atoms with Gasteiger partial charge in [-0.2, -0.15) is 0 Å². The summed E-state index contributed by atoms with van der Waals surface area (Å²) in [5.74, 6) is 0.840. The summed E-state index contributed by atoms with van der Waals surface area (Å²) in [6, 6.07) is 6.31. The number of nitrogens with zero attached hydrogens (tertiary/aromatic N) is 4. The van der Waals surface area contributed by atoms with E-state index < -0.39 is 0 Å². The van der Waals surface area contributed by atoms with Gasteiger partial charge in [-0.25, -0.2) is 4.68 Å². The molecule has 0 atom stereocenters. The van der Waals surface area contributed by atoms with Crippen LogP contribution in [0.2, 0.25) is 0 Å². The second-order valence-corrected chi connectivity index (χ2v) is 4.96. The minimum atomic E-state index is 0.441. The topological polar surface area (TPSA) is 69.6 Å². The molecule has 1 saturated carbocycles. The summed E-state index contributed by atoms with van der Waals surface area (Å²) in [6.07, 6.45) is 4.86. The average molecular weight is 243 g/mol. The molecule has 0 radical (unpaired) electrons. The summed E-state index contributed by atoms with van der Waals surface area (Å²) in [6.45, 7) is 2.06. The van der Waals surface area contributed by atoms with Crippen LogP contribution in [-0.2, 0) is 0 Å². The maximum atomic E-state index is 5.86. The Hall–Kier alpha value is -1.91. The Bertz CT molecular complexity index is 554. The highest BCUT2D eigenvalue weighted by Gasteiger charge is 2.22. The third kappa shape index (κ3) is 1.85. The SMILES string of the molecule is Cc1ccc(N)cc1-c1nnnn1C1CCCC1.